The van der Waals surface area contributed by atoms with Gasteiger partial charge in [-0.05, 0) is 59.3 Å². The van der Waals surface area contributed by atoms with Crippen molar-refractivity contribution < 1.29 is 9.53 Å². The van der Waals surface area contributed by atoms with Gasteiger partial charge in [0.1, 0.15) is 0 Å². The van der Waals surface area contributed by atoms with Gasteiger partial charge in [-0.2, -0.15) is 0 Å². The molecule has 1 aromatic heterocycles. The van der Waals surface area contributed by atoms with Crippen molar-refractivity contribution in [3.63, 3.8) is 0 Å². The van der Waals surface area contributed by atoms with Gasteiger partial charge in [-0.1, -0.05) is 29.5 Å². The first-order valence-electron chi connectivity index (χ1n) is 8.79. The second-order valence-electron chi connectivity index (χ2n) is 6.33. The molecule has 4 rings (SSSR count). The minimum Gasteiger partial charge on any atom is -0.376 e. The summed E-state index contributed by atoms with van der Waals surface area (Å²) in [6.07, 6.45) is 4.12. The van der Waals surface area contributed by atoms with Gasteiger partial charge in [0.25, 0.3) is 5.91 Å². The predicted octanol–water partition coefficient (Wildman–Crippen LogP) is 5.61. The number of hydrogen-bond acceptors (Lipinski definition) is 5. The fourth-order valence-corrected chi connectivity index (χ4v) is 5.29. The molecule has 2 heterocycles. The zero-order chi connectivity index (χ0) is 18.8. The number of thiazole rings is 1. The van der Waals surface area contributed by atoms with E-state index in [1.165, 1.54) is 0 Å². The van der Waals surface area contributed by atoms with Crippen LogP contribution in [0.5, 0.6) is 0 Å². The van der Waals surface area contributed by atoms with E-state index >= 15 is 0 Å². The molecule has 0 N–H and O–H groups in total. The van der Waals surface area contributed by atoms with Gasteiger partial charge in [-0.25, -0.2) is 4.98 Å². The van der Waals surface area contributed by atoms with E-state index < -0.39 is 0 Å². The Hall–Kier alpha value is -1.41. The number of halogens is 1. The Kier molecular flexibility index (Phi) is 5.82. The number of carbonyl (C=O) groups is 1. The molecule has 0 spiro atoms. The van der Waals surface area contributed by atoms with E-state index in [0.29, 0.717) is 12.1 Å². The normalized spacial score (nSPS) is 16.7. The highest BCUT2D eigenvalue weighted by molar-refractivity contribution is 9.10. The summed E-state index contributed by atoms with van der Waals surface area (Å²) < 4.78 is 7.69. The maximum Gasteiger partial charge on any atom is 0.261 e. The molecule has 0 radical (unpaired) electrons. The summed E-state index contributed by atoms with van der Waals surface area (Å²) in [6, 6.07) is 13.7. The summed E-state index contributed by atoms with van der Waals surface area (Å²) in [5.41, 5.74) is 1.60. The van der Waals surface area contributed by atoms with Crippen molar-refractivity contribution in [3.05, 3.63) is 52.5 Å². The van der Waals surface area contributed by atoms with Crippen LogP contribution in [0.15, 0.2) is 51.8 Å². The molecule has 0 aliphatic carbocycles. The van der Waals surface area contributed by atoms with E-state index in [9.17, 15) is 4.79 Å². The van der Waals surface area contributed by atoms with Gasteiger partial charge < -0.3 is 4.74 Å². The molecule has 0 bridgehead atoms. The van der Waals surface area contributed by atoms with Gasteiger partial charge in [0.2, 0.25) is 0 Å². The van der Waals surface area contributed by atoms with Crippen LogP contribution in [0.25, 0.3) is 10.2 Å². The number of aromatic nitrogens is 1. The maximum atomic E-state index is 13.4. The fraction of sp³-hybridized carbons (Fsp3) is 0.300. The molecule has 1 unspecified atom stereocenters. The van der Waals surface area contributed by atoms with Crippen molar-refractivity contribution >= 4 is 60.3 Å². The van der Waals surface area contributed by atoms with Crippen LogP contribution in [-0.4, -0.2) is 36.4 Å². The van der Waals surface area contributed by atoms with Gasteiger partial charge in [0, 0.05) is 16.0 Å². The number of para-hydroxylation sites is 1. The smallest absolute Gasteiger partial charge is 0.261 e. The summed E-state index contributed by atoms with van der Waals surface area (Å²) >= 11 is 6.74. The number of amides is 1. The second kappa shape index (κ2) is 8.31. The monoisotopic (exact) mass is 462 g/mol. The van der Waals surface area contributed by atoms with Crippen molar-refractivity contribution in [1.29, 1.82) is 0 Å². The Morgan fingerprint density at radius 2 is 2.19 bits per heavy atom. The Bertz CT molecular complexity index is 970. The molecule has 1 fully saturated rings. The topological polar surface area (TPSA) is 42.4 Å². The fourth-order valence-electron chi connectivity index (χ4n) is 3.21. The van der Waals surface area contributed by atoms with Crippen LogP contribution in [0.4, 0.5) is 5.13 Å². The standard InChI is InChI=1S/C20H19BrN2O2S2/c1-26-16-9-4-10-17-18(16)22-20(27-17)23(12-13-6-5-11-25-13)19(24)14-7-2-3-8-15(14)21/h2-4,7-10,13H,5-6,11-12H2,1H3. The first-order valence-corrected chi connectivity index (χ1v) is 11.6. The van der Waals surface area contributed by atoms with E-state index in [1.54, 1.807) is 28.0 Å². The van der Waals surface area contributed by atoms with Crippen molar-refractivity contribution in [2.24, 2.45) is 0 Å². The highest BCUT2D eigenvalue weighted by atomic mass is 79.9. The number of rotatable bonds is 5. The van der Waals surface area contributed by atoms with Gasteiger partial charge in [-0.15, -0.1) is 11.8 Å². The minimum absolute atomic E-state index is 0.0530. The lowest BCUT2D eigenvalue weighted by molar-refractivity contribution is 0.0917. The molecule has 1 aliphatic heterocycles. The lowest BCUT2D eigenvalue weighted by atomic mass is 10.2. The van der Waals surface area contributed by atoms with Crippen LogP contribution < -0.4 is 4.90 Å². The average molecular weight is 463 g/mol. The van der Waals surface area contributed by atoms with Crippen LogP contribution in [0, 0.1) is 0 Å². The number of thioether (sulfide) groups is 1. The molecule has 0 saturated carbocycles. The van der Waals surface area contributed by atoms with Gasteiger partial charge in [0.15, 0.2) is 5.13 Å². The molecule has 3 aromatic rings. The Morgan fingerprint density at radius 3 is 2.93 bits per heavy atom. The summed E-state index contributed by atoms with van der Waals surface area (Å²) in [5, 5.41) is 0.725. The number of hydrogen-bond donors (Lipinski definition) is 0. The lowest BCUT2D eigenvalue weighted by Gasteiger charge is -2.23. The lowest BCUT2D eigenvalue weighted by Crippen LogP contribution is -2.37. The molecule has 140 valence electrons. The first kappa shape index (κ1) is 18.9. The zero-order valence-electron chi connectivity index (χ0n) is 14.9. The van der Waals surface area contributed by atoms with E-state index in [2.05, 4.69) is 28.1 Å². The van der Waals surface area contributed by atoms with Crippen molar-refractivity contribution in [2.75, 3.05) is 24.3 Å². The van der Waals surface area contributed by atoms with Gasteiger partial charge in [0.05, 0.1) is 28.4 Å². The Labute approximate surface area is 175 Å². The average Bonchev–Trinajstić information content (AvgIpc) is 3.35. The SMILES string of the molecule is CSc1cccc2sc(N(CC3CCCO3)C(=O)c3ccccc3Br)nc12. The van der Waals surface area contributed by atoms with Crippen LogP contribution in [0.3, 0.4) is 0 Å². The van der Waals surface area contributed by atoms with Crippen LogP contribution in [-0.2, 0) is 4.74 Å². The van der Waals surface area contributed by atoms with Gasteiger partial charge >= 0.3 is 0 Å². The van der Waals surface area contributed by atoms with E-state index in [-0.39, 0.29) is 12.0 Å². The van der Waals surface area contributed by atoms with Crippen LogP contribution in [0.1, 0.15) is 23.2 Å². The molecule has 2 aromatic carbocycles. The highest BCUT2D eigenvalue weighted by Gasteiger charge is 2.28. The third kappa shape index (κ3) is 3.92. The summed E-state index contributed by atoms with van der Waals surface area (Å²) in [4.78, 5) is 21.1. The van der Waals surface area contributed by atoms with E-state index in [1.807, 2.05) is 36.6 Å². The summed E-state index contributed by atoms with van der Waals surface area (Å²) in [6.45, 7) is 1.28. The molecule has 1 aliphatic rings. The summed E-state index contributed by atoms with van der Waals surface area (Å²) in [7, 11) is 0. The van der Waals surface area contributed by atoms with E-state index in [4.69, 9.17) is 9.72 Å². The minimum atomic E-state index is -0.0530. The summed E-state index contributed by atoms with van der Waals surface area (Å²) in [5.74, 6) is -0.0530. The third-order valence-corrected chi connectivity index (χ3v) is 7.09. The number of fused-ring (bicyclic) bond motifs is 1. The molecule has 7 heteroatoms. The van der Waals surface area contributed by atoms with Crippen molar-refractivity contribution in [2.45, 2.75) is 23.8 Å². The molecule has 1 amide bonds. The predicted molar refractivity (Wildman–Crippen MR) is 116 cm³/mol. The quantitative estimate of drug-likeness (QED) is 0.462. The largest absolute Gasteiger partial charge is 0.376 e. The molecule has 1 saturated heterocycles. The first-order chi connectivity index (χ1) is 13.2. The molecular weight excluding hydrogens is 444 g/mol. The third-order valence-electron chi connectivity index (χ3n) is 4.58. The van der Waals surface area contributed by atoms with Crippen LogP contribution >= 0.6 is 39.0 Å². The van der Waals surface area contributed by atoms with Crippen LogP contribution in [0.2, 0.25) is 0 Å². The second-order valence-corrected chi connectivity index (χ2v) is 9.05. The number of benzene rings is 2. The molecule has 27 heavy (non-hydrogen) atoms. The number of carbonyl (C=O) groups excluding carboxylic acids is 1. The number of nitrogens with zero attached hydrogens (tertiary/aromatic N) is 2. The molecule has 4 nitrogen and oxygen atoms in total. The molecular formula is C20H19BrN2O2S2. The Morgan fingerprint density at radius 1 is 1.33 bits per heavy atom. The maximum absolute atomic E-state index is 13.4. The van der Waals surface area contributed by atoms with Crippen molar-refractivity contribution in [1.82, 2.24) is 4.98 Å². The van der Waals surface area contributed by atoms with E-state index in [0.717, 1.165) is 44.2 Å². The zero-order valence-corrected chi connectivity index (χ0v) is 18.1. The van der Waals surface area contributed by atoms with Crippen molar-refractivity contribution in [3.8, 4) is 0 Å². The van der Waals surface area contributed by atoms with Gasteiger partial charge in [-0.3, -0.25) is 9.69 Å². The Balaban J connectivity index is 1.75. The molecule has 1 atom stereocenters. The highest BCUT2D eigenvalue weighted by Crippen LogP contribution is 2.35. The number of anilines is 1. The number of ether oxygens (including phenoxy) is 1.